The fourth-order valence-corrected chi connectivity index (χ4v) is 3.52. The third-order valence-electron chi connectivity index (χ3n) is 5.15. The molecule has 4 rings (SSSR count). The van der Waals surface area contributed by atoms with E-state index in [-0.39, 0.29) is 0 Å². The van der Waals surface area contributed by atoms with Crippen LogP contribution in [0.15, 0.2) is 42.5 Å². The fraction of sp³-hybridized carbons (Fsp3) is 0.409. The lowest BCUT2D eigenvalue weighted by atomic mass is 9.89. The Balaban J connectivity index is 0.000000339. The van der Waals surface area contributed by atoms with Crippen LogP contribution < -0.4 is 14.8 Å². The summed E-state index contributed by atoms with van der Waals surface area (Å²) in [7, 11) is 0. The zero-order valence-corrected chi connectivity index (χ0v) is 16.7. The molecule has 2 atom stereocenters. The van der Waals surface area contributed by atoms with E-state index in [9.17, 15) is 18.3 Å². The van der Waals surface area contributed by atoms with E-state index < -0.39 is 18.2 Å². The van der Waals surface area contributed by atoms with Crippen molar-refractivity contribution in [2.75, 3.05) is 26.3 Å². The predicted molar refractivity (Wildman–Crippen MR) is 107 cm³/mol. The van der Waals surface area contributed by atoms with Crippen LogP contribution in [0.25, 0.3) is 11.1 Å². The minimum absolute atomic E-state index is 0.305. The minimum Gasteiger partial charge on any atom is -0.486 e. The Hall–Kier alpha value is -2.78. The van der Waals surface area contributed by atoms with Crippen LogP contribution in [-0.2, 0) is 4.79 Å². The highest BCUT2D eigenvalue weighted by atomic mass is 19.4. The molecule has 0 spiro atoms. The van der Waals surface area contributed by atoms with Crippen molar-refractivity contribution in [1.29, 1.82) is 0 Å². The molecule has 0 amide bonds. The second kappa shape index (κ2) is 10.0. The number of hydrogen-bond donors (Lipinski definition) is 3. The van der Waals surface area contributed by atoms with Crippen LogP contribution in [0.3, 0.4) is 0 Å². The minimum atomic E-state index is -5.08. The van der Waals surface area contributed by atoms with Gasteiger partial charge in [-0.15, -0.1) is 0 Å². The molecule has 1 saturated heterocycles. The van der Waals surface area contributed by atoms with Gasteiger partial charge in [0.1, 0.15) is 13.2 Å². The number of hydrogen-bond acceptors (Lipinski definition) is 5. The van der Waals surface area contributed by atoms with Crippen LogP contribution in [0, 0.1) is 5.92 Å². The van der Waals surface area contributed by atoms with Crippen molar-refractivity contribution in [1.82, 2.24) is 5.32 Å². The van der Waals surface area contributed by atoms with E-state index in [0.29, 0.717) is 19.1 Å². The highest BCUT2D eigenvalue weighted by Crippen LogP contribution is 2.35. The van der Waals surface area contributed by atoms with Crippen molar-refractivity contribution in [3.05, 3.63) is 48.0 Å². The molecule has 2 aromatic rings. The summed E-state index contributed by atoms with van der Waals surface area (Å²) in [6, 6.07) is 14.2. The van der Waals surface area contributed by atoms with Crippen LogP contribution in [-0.4, -0.2) is 48.7 Å². The lowest BCUT2D eigenvalue weighted by molar-refractivity contribution is -0.192. The smallest absolute Gasteiger partial charge is 0.486 e. The molecule has 31 heavy (non-hydrogen) atoms. The summed E-state index contributed by atoms with van der Waals surface area (Å²) in [6.07, 6.45) is -3.26. The number of carboxylic acids is 1. The molecule has 1 fully saturated rings. The maximum atomic E-state index is 10.6. The highest BCUT2D eigenvalue weighted by Gasteiger charge is 2.38. The van der Waals surface area contributed by atoms with Gasteiger partial charge < -0.3 is 25.0 Å². The maximum Gasteiger partial charge on any atom is 0.490 e. The number of rotatable bonds is 3. The number of fused-ring (bicyclic) bond motifs is 1. The largest absolute Gasteiger partial charge is 0.490 e. The van der Waals surface area contributed by atoms with E-state index in [4.69, 9.17) is 19.4 Å². The molecule has 2 heterocycles. The zero-order chi connectivity index (χ0) is 22.4. The van der Waals surface area contributed by atoms with Crippen molar-refractivity contribution in [2.24, 2.45) is 5.92 Å². The zero-order valence-electron chi connectivity index (χ0n) is 16.7. The first-order valence-corrected chi connectivity index (χ1v) is 9.94. The fourth-order valence-electron chi connectivity index (χ4n) is 3.52. The van der Waals surface area contributed by atoms with Gasteiger partial charge in [-0.25, -0.2) is 4.79 Å². The molecule has 0 aromatic heterocycles. The molecule has 0 radical (unpaired) electrons. The van der Waals surface area contributed by atoms with E-state index in [1.54, 1.807) is 0 Å². The Morgan fingerprint density at radius 2 is 1.65 bits per heavy atom. The van der Waals surface area contributed by atoms with Gasteiger partial charge in [0.15, 0.2) is 11.5 Å². The number of piperidine rings is 1. The van der Waals surface area contributed by atoms with Crippen molar-refractivity contribution < 1.29 is 37.7 Å². The Labute approximate surface area is 177 Å². The molecule has 2 aromatic carbocycles. The number of ether oxygens (including phenoxy) is 2. The van der Waals surface area contributed by atoms with Crippen molar-refractivity contribution >= 4 is 5.97 Å². The second-order valence-electron chi connectivity index (χ2n) is 7.33. The number of carboxylic acid groups (broad SMARTS) is 1. The lowest BCUT2D eigenvalue weighted by Crippen LogP contribution is -2.33. The number of nitrogens with one attached hydrogen (secondary N) is 1. The second-order valence-corrected chi connectivity index (χ2v) is 7.33. The van der Waals surface area contributed by atoms with Gasteiger partial charge in [-0.3, -0.25) is 0 Å². The van der Waals surface area contributed by atoms with Gasteiger partial charge in [0.25, 0.3) is 0 Å². The Bertz CT molecular complexity index is 880. The third-order valence-corrected chi connectivity index (χ3v) is 5.15. The molecular weight excluding hydrogens is 415 g/mol. The Morgan fingerprint density at radius 3 is 2.23 bits per heavy atom. The molecule has 0 aliphatic carbocycles. The number of benzene rings is 2. The van der Waals surface area contributed by atoms with Gasteiger partial charge in [-0.05, 0) is 48.2 Å². The molecule has 0 bridgehead atoms. The van der Waals surface area contributed by atoms with Crippen LogP contribution >= 0.6 is 0 Å². The summed E-state index contributed by atoms with van der Waals surface area (Å²) in [5.74, 6) is -0.843. The van der Waals surface area contributed by atoms with Gasteiger partial charge in [-0.2, -0.15) is 13.2 Å². The number of carbonyl (C=O) groups is 1. The van der Waals surface area contributed by atoms with Crippen molar-refractivity contribution in [3.63, 3.8) is 0 Å². The molecule has 3 N–H and O–H groups in total. The first-order chi connectivity index (χ1) is 14.8. The van der Waals surface area contributed by atoms with Crippen LogP contribution in [0.5, 0.6) is 11.5 Å². The van der Waals surface area contributed by atoms with E-state index >= 15 is 0 Å². The number of aliphatic hydroxyl groups is 1. The van der Waals surface area contributed by atoms with E-state index in [1.165, 1.54) is 0 Å². The van der Waals surface area contributed by atoms with Gasteiger partial charge >= 0.3 is 12.1 Å². The summed E-state index contributed by atoms with van der Waals surface area (Å²) in [6.45, 7) is 3.16. The van der Waals surface area contributed by atoms with Crippen molar-refractivity contribution in [2.45, 2.75) is 25.1 Å². The predicted octanol–water partition coefficient (Wildman–Crippen LogP) is 3.79. The average molecular weight is 439 g/mol. The summed E-state index contributed by atoms with van der Waals surface area (Å²) in [4.78, 5) is 8.90. The van der Waals surface area contributed by atoms with Crippen LogP contribution in [0.2, 0.25) is 0 Å². The van der Waals surface area contributed by atoms with Crippen molar-refractivity contribution in [3.8, 4) is 22.6 Å². The molecule has 2 unspecified atom stereocenters. The van der Waals surface area contributed by atoms with Crippen LogP contribution in [0.1, 0.15) is 24.5 Å². The number of aliphatic carboxylic acids is 1. The normalized spacial score (nSPS) is 19.0. The molecule has 9 heteroatoms. The summed E-state index contributed by atoms with van der Waals surface area (Å²) in [5, 5.41) is 21.1. The monoisotopic (exact) mass is 439 g/mol. The van der Waals surface area contributed by atoms with E-state index in [1.807, 2.05) is 30.3 Å². The molecular formula is C22H24F3NO5. The Kier molecular flexibility index (Phi) is 7.40. The van der Waals surface area contributed by atoms with Gasteiger partial charge in [0, 0.05) is 12.5 Å². The highest BCUT2D eigenvalue weighted by molar-refractivity contribution is 5.73. The lowest BCUT2D eigenvalue weighted by Gasteiger charge is -2.27. The topological polar surface area (TPSA) is 88.0 Å². The van der Waals surface area contributed by atoms with Crippen LogP contribution in [0.4, 0.5) is 13.2 Å². The SMILES string of the molecule is O=C(O)C(F)(F)F.OC(c1ccc(-c2ccc3c(c2)OCCO3)cc1)C1CCCNC1. The summed E-state index contributed by atoms with van der Waals surface area (Å²) < 4.78 is 43.0. The molecule has 2 aliphatic heterocycles. The standard InChI is InChI=1S/C20H23NO3.C2HF3O2/c22-20(17-2-1-9-21-13-17)15-5-3-14(4-6-15)16-7-8-18-19(12-16)24-11-10-23-18;3-2(4,5)1(6)7/h3-8,12,17,20-22H,1-2,9-11,13H2;(H,6,7). The van der Waals surface area contributed by atoms with Gasteiger partial charge in [0.05, 0.1) is 6.10 Å². The Morgan fingerprint density at radius 1 is 1.03 bits per heavy atom. The molecule has 2 aliphatic rings. The average Bonchev–Trinajstić information content (AvgIpc) is 2.79. The quantitative estimate of drug-likeness (QED) is 0.675. The molecule has 0 saturated carbocycles. The number of alkyl halides is 3. The van der Waals surface area contributed by atoms with Gasteiger partial charge in [-0.1, -0.05) is 30.3 Å². The summed E-state index contributed by atoms with van der Waals surface area (Å²) in [5.41, 5.74) is 3.20. The first kappa shape index (κ1) is 22.9. The van der Waals surface area contributed by atoms with E-state index in [2.05, 4.69) is 17.4 Å². The molecule has 6 nitrogen and oxygen atoms in total. The van der Waals surface area contributed by atoms with E-state index in [0.717, 1.165) is 54.1 Å². The number of aliphatic hydroxyl groups excluding tert-OH is 1. The third kappa shape index (κ3) is 6.11. The maximum absolute atomic E-state index is 10.6. The number of halogens is 3. The first-order valence-electron chi connectivity index (χ1n) is 9.94. The molecule has 168 valence electrons. The van der Waals surface area contributed by atoms with Gasteiger partial charge in [0.2, 0.25) is 0 Å². The summed E-state index contributed by atoms with van der Waals surface area (Å²) >= 11 is 0.